The SMILES string of the molecule is CCOC(=O)COc1c(I)cc(/C=N/NC(=O)CN2CCOCC2)cc1OCC. The lowest BCUT2D eigenvalue weighted by atomic mass is 10.2. The minimum absolute atomic E-state index is 0.183. The molecule has 10 heteroatoms. The number of nitrogens with one attached hydrogen (secondary N) is 1. The maximum atomic E-state index is 12.0. The van der Waals surface area contributed by atoms with Gasteiger partial charge in [0.2, 0.25) is 0 Å². The zero-order valence-corrected chi connectivity index (χ0v) is 18.8. The maximum absolute atomic E-state index is 12.0. The van der Waals surface area contributed by atoms with E-state index in [1.54, 1.807) is 13.0 Å². The first-order chi connectivity index (χ1) is 14.0. The van der Waals surface area contributed by atoms with Crippen LogP contribution in [-0.2, 0) is 19.1 Å². The highest BCUT2D eigenvalue weighted by molar-refractivity contribution is 14.1. The fourth-order valence-electron chi connectivity index (χ4n) is 2.58. The minimum atomic E-state index is -0.445. The third-order valence-corrected chi connectivity index (χ3v) is 4.65. The van der Waals surface area contributed by atoms with E-state index in [9.17, 15) is 9.59 Å². The van der Waals surface area contributed by atoms with Crippen molar-refractivity contribution in [3.63, 3.8) is 0 Å². The van der Waals surface area contributed by atoms with Crippen molar-refractivity contribution in [3.8, 4) is 11.5 Å². The van der Waals surface area contributed by atoms with Gasteiger partial charge >= 0.3 is 5.97 Å². The van der Waals surface area contributed by atoms with Crippen LogP contribution >= 0.6 is 22.6 Å². The fourth-order valence-corrected chi connectivity index (χ4v) is 3.36. The van der Waals surface area contributed by atoms with Crippen molar-refractivity contribution in [2.45, 2.75) is 13.8 Å². The van der Waals surface area contributed by atoms with Gasteiger partial charge in [-0.1, -0.05) is 0 Å². The van der Waals surface area contributed by atoms with E-state index in [1.165, 1.54) is 6.21 Å². The topological polar surface area (TPSA) is 98.7 Å². The van der Waals surface area contributed by atoms with Gasteiger partial charge in [-0.15, -0.1) is 0 Å². The maximum Gasteiger partial charge on any atom is 0.344 e. The van der Waals surface area contributed by atoms with E-state index in [1.807, 2.05) is 17.9 Å². The van der Waals surface area contributed by atoms with Crippen molar-refractivity contribution in [1.82, 2.24) is 10.3 Å². The van der Waals surface area contributed by atoms with Crippen molar-refractivity contribution in [2.75, 3.05) is 52.7 Å². The summed E-state index contributed by atoms with van der Waals surface area (Å²) in [5.41, 5.74) is 3.26. The Morgan fingerprint density at radius 3 is 2.69 bits per heavy atom. The summed E-state index contributed by atoms with van der Waals surface area (Å²) < 4.78 is 22.1. The number of esters is 1. The van der Waals surface area contributed by atoms with Gasteiger partial charge in [0.05, 0.1) is 42.8 Å². The van der Waals surface area contributed by atoms with Gasteiger partial charge < -0.3 is 18.9 Å². The molecule has 1 heterocycles. The molecule has 1 amide bonds. The molecule has 0 spiro atoms. The molecule has 1 aromatic rings. The molecule has 1 aromatic carbocycles. The van der Waals surface area contributed by atoms with Crippen LogP contribution in [0, 0.1) is 3.57 Å². The Morgan fingerprint density at radius 1 is 1.24 bits per heavy atom. The largest absolute Gasteiger partial charge is 0.490 e. The molecular formula is C19H26IN3O6. The summed E-state index contributed by atoms with van der Waals surface area (Å²) in [6, 6.07) is 3.56. The number of hydrazone groups is 1. The Labute approximate surface area is 183 Å². The van der Waals surface area contributed by atoms with E-state index < -0.39 is 5.97 Å². The lowest BCUT2D eigenvalue weighted by Gasteiger charge is -2.25. The molecule has 9 nitrogen and oxygen atoms in total. The van der Waals surface area contributed by atoms with Gasteiger partial charge in [-0.3, -0.25) is 9.69 Å². The van der Waals surface area contributed by atoms with E-state index in [4.69, 9.17) is 18.9 Å². The van der Waals surface area contributed by atoms with Crippen LogP contribution in [0.5, 0.6) is 11.5 Å². The van der Waals surface area contributed by atoms with Crippen LogP contribution in [0.15, 0.2) is 17.2 Å². The summed E-state index contributed by atoms with van der Waals surface area (Å²) in [6.45, 7) is 7.15. The first-order valence-corrected chi connectivity index (χ1v) is 10.5. The molecule has 1 aliphatic heterocycles. The summed E-state index contributed by atoms with van der Waals surface area (Å²) in [6.07, 6.45) is 1.54. The number of hydrogen-bond acceptors (Lipinski definition) is 8. The molecule has 1 N–H and O–H groups in total. The Bertz CT molecular complexity index is 722. The first kappa shape index (κ1) is 23.4. The molecule has 0 unspecified atom stereocenters. The van der Waals surface area contributed by atoms with Gasteiger partial charge in [-0.05, 0) is 54.1 Å². The monoisotopic (exact) mass is 519 g/mol. The number of carbonyl (C=O) groups excluding carboxylic acids is 2. The van der Waals surface area contributed by atoms with Gasteiger partial charge in [-0.25, -0.2) is 10.2 Å². The number of morpholine rings is 1. The molecule has 1 aliphatic rings. The second kappa shape index (κ2) is 12.6. The molecule has 29 heavy (non-hydrogen) atoms. The Balaban J connectivity index is 1.98. The van der Waals surface area contributed by atoms with Crippen molar-refractivity contribution in [3.05, 3.63) is 21.3 Å². The minimum Gasteiger partial charge on any atom is -0.490 e. The normalized spacial score (nSPS) is 14.6. The highest BCUT2D eigenvalue weighted by Crippen LogP contribution is 2.34. The number of halogens is 1. The molecule has 1 fully saturated rings. The smallest absolute Gasteiger partial charge is 0.344 e. The van der Waals surface area contributed by atoms with Crippen LogP contribution in [-0.4, -0.2) is 75.7 Å². The second-order valence-corrected chi connectivity index (χ2v) is 7.20. The van der Waals surface area contributed by atoms with E-state index in [0.29, 0.717) is 37.9 Å². The second-order valence-electron chi connectivity index (χ2n) is 6.04. The molecule has 0 saturated carbocycles. The average molecular weight is 519 g/mol. The summed E-state index contributed by atoms with van der Waals surface area (Å²) >= 11 is 2.10. The number of benzene rings is 1. The third kappa shape index (κ3) is 8.15. The molecular weight excluding hydrogens is 493 g/mol. The van der Waals surface area contributed by atoms with Crippen LogP contribution in [0.3, 0.4) is 0 Å². The number of rotatable bonds is 10. The van der Waals surface area contributed by atoms with E-state index >= 15 is 0 Å². The van der Waals surface area contributed by atoms with Gasteiger partial charge in [0, 0.05) is 13.1 Å². The summed E-state index contributed by atoms with van der Waals surface area (Å²) in [5, 5.41) is 4.02. The van der Waals surface area contributed by atoms with Crippen LogP contribution in [0.1, 0.15) is 19.4 Å². The zero-order chi connectivity index (χ0) is 21.1. The summed E-state index contributed by atoms with van der Waals surface area (Å²) in [4.78, 5) is 25.6. The molecule has 0 atom stereocenters. The van der Waals surface area contributed by atoms with Gasteiger partial charge in [0.15, 0.2) is 18.1 Å². The van der Waals surface area contributed by atoms with Gasteiger partial charge in [-0.2, -0.15) is 5.10 Å². The van der Waals surface area contributed by atoms with Crippen LogP contribution < -0.4 is 14.9 Å². The van der Waals surface area contributed by atoms with Crippen molar-refractivity contribution in [2.24, 2.45) is 5.10 Å². The van der Waals surface area contributed by atoms with Crippen LogP contribution in [0.4, 0.5) is 0 Å². The Morgan fingerprint density at radius 2 is 2.00 bits per heavy atom. The zero-order valence-electron chi connectivity index (χ0n) is 16.6. The molecule has 1 saturated heterocycles. The van der Waals surface area contributed by atoms with E-state index in [0.717, 1.165) is 22.2 Å². The number of hydrogen-bond donors (Lipinski definition) is 1. The fraction of sp³-hybridized carbons (Fsp3) is 0.526. The Kier molecular flexibility index (Phi) is 10.2. The lowest BCUT2D eigenvalue weighted by molar-refractivity contribution is -0.145. The Hall–Kier alpha value is -1.92. The molecule has 0 aromatic heterocycles. The molecule has 2 rings (SSSR count). The number of amides is 1. The quantitative estimate of drug-likeness (QED) is 0.216. The number of carbonyl (C=O) groups is 2. The van der Waals surface area contributed by atoms with Crippen molar-refractivity contribution in [1.29, 1.82) is 0 Å². The third-order valence-electron chi connectivity index (χ3n) is 3.85. The predicted molar refractivity (Wildman–Crippen MR) is 115 cm³/mol. The lowest BCUT2D eigenvalue weighted by Crippen LogP contribution is -2.42. The van der Waals surface area contributed by atoms with Crippen molar-refractivity contribution < 1.29 is 28.5 Å². The van der Waals surface area contributed by atoms with E-state index in [2.05, 4.69) is 33.1 Å². The number of nitrogens with zero attached hydrogens (tertiary/aromatic N) is 2. The van der Waals surface area contributed by atoms with Crippen LogP contribution in [0.25, 0.3) is 0 Å². The predicted octanol–water partition coefficient (Wildman–Crippen LogP) is 1.41. The van der Waals surface area contributed by atoms with Crippen LogP contribution in [0.2, 0.25) is 0 Å². The van der Waals surface area contributed by atoms with Gasteiger partial charge in [0.25, 0.3) is 5.91 Å². The summed E-state index contributed by atoms with van der Waals surface area (Å²) in [7, 11) is 0. The average Bonchev–Trinajstić information content (AvgIpc) is 2.68. The highest BCUT2D eigenvalue weighted by atomic mass is 127. The highest BCUT2D eigenvalue weighted by Gasteiger charge is 2.15. The van der Waals surface area contributed by atoms with Gasteiger partial charge in [0.1, 0.15) is 0 Å². The van der Waals surface area contributed by atoms with Crippen molar-refractivity contribution >= 4 is 40.7 Å². The molecule has 0 aliphatic carbocycles. The van der Waals surface area contributed by atoms with E-state index in [-0.39, 0.29) is 19.1 Å². The number of ether oxygens (including phenoxy) is 4. The first-order valence-electron chi connectivity index (χ1n) is 9.40. The molecule has 0 radical (unpaired) electrons. The molecule has 160 valence electrons. The molecule has 0 bridgehead atoms. The standard InChI is InChI=1S/C19H26IN3O6/c1-3-27-16-10-14(9-15(20)19(16)29-13-18(25)28-4-2)11-21-22-17(24)12-23-5-7-26-8-6-23/h9-11H,3-8,12-13H2,1-2H3,(H,22,24)/b21-11+. The summed E-state index contributed by atoms with van der Waals surface area (Å²) in [5.74, 6) is 0.329.